The Labute approximate surface area is 121 Å². The number of nitrogens with zero attached hydrogens (tertiary/aromatic N) is 2. The average molecular weight is 286 g/mol. The van der Waals surface area contributed by atoms with Crippen molar-refractivity contribution >= 4 is 17.2 Å². The molecule has 20 heavy (non-hydrogen) atoms. The lowest BCUT2D eigenvalue weighted by Crippen LogP contribution is -2.23. The van der Waals surface area contributed by atoms with Crippen molar-refractivity contribution in [2.45, 2.75) is 13.5 Å². The van der Waals surface area contributed by atoms with Gasteiger partial charge >= 0.3 is 0 Å². The first kappa shape index (κ1) is 14.2. The molecule has 102 valence electrons. The number of nitrogens with one attached hydrogen (secondary N) is 1. The van der Waals surface area contributed by atoms with Gasteiger partial charge in [0.05, 0.1) is 30.7 Å². The molecule has 1 amide bonds. The van der Waals surface area contributed by atoms with E-state index < -0.39 is 0 Å². The van der Waals surface area contributed by atoms with E-state index in [-0.39, 0.29) is 12.5 Å². The molecule has 0 aliphatic carbocycles. The summed E-state index contributed by atoms with van der Waals surface area (Å²) in [6, 6.07) is 1.81. The summed E-state index contributed by atoms with van der Waals surface area (Å²) in [5.74, 6) is 5.47. The van der Waals surface area contributed by atoms with Gasteiger partial charge < -0.3 is 11.1 Å². The van der Waals surface area contributed by atoms with Crippen molar-refractivity contribution in [3.05, 3.63) is 45.7 Å². The molecule has 0 saturated carbocycles. The van der Waals surface area contributed by atoms with E-state index in [1.165, 1.54) is 11.3 Å². The van der Waals surface area contributed by atoms with Gasteiger partial charge in [-0.25, -0.2) is 0 Å². The van der Waals surface area contributed by atoms with Crippen LogP contribution in [0.5, 0.6) is 0 Å². The molecule has 5 nitrogen and oxygen atoms in total. The monoisotopic (exact) mass is 286 g/mol. The number of aromatic nitrogens is 2. The van der Waals surface area contributed by atoms with Crippen LogP contribution in [0.3, 0.4) is 0 Å². The maximum Gasteiger partial charge on any atom is 0.262 e. The second-order valence-electron chi connectivity index (χ2n) is 4.00. The standard InChI is InChI=1S/C14H14N4OS/c1-10-7-17-12(8-16-10)9-18-14(19)13-11(3-2-5-15)4-6-20-13/h4,6-8H,5,9,15H2,1H3,(H,18,19). The highest BCUT2D eigenvalue weighted by Gasteiger charge is 2.11. The molecule has 0 saturated heterocycles. The predicted molar refractivity (Wildman–Crippen MR) is 78.2 cm³/mol. The first-order chi connectivity index (χ1) is 9.70. The van der Waals surface area contributed by atoms with Crippen LogP contribution in [0, 0.1) is 18.8 Å². The number of thiophene rings is 1. The van der Waals surface area contributed by atoms with Crippen molar-refractivity contribution < 1.29 is 4.79 Å². The second-order valence-corrected chi connectivity index (χ2v) is 4.92. The molecule has 2 aromatic heterocycles. The minimum Gasteiger partial charge on any atom is -0.346 e. The van der Waals surface area contributed by atoms with E-state index in [2.05, 4.69) is 27.1 Å². The number of amides is 1. The highest BCUT2D eigenvalue weighted by Crippen LogP contribution is 2.15. The molecule has 0 aliphatic heterocycles. The number of carbonyl (C=O) groups excluding carboxylic acids is 1. The fraction of sp³-hybridized carbons (Fsp3) is 0.214. The highest BCUT2D eigenvalue weighted by molar-refractivity contribution is 7.12. The van der Waals surface area contributed by atoms with Crippen LogP contribution in [0.25, 0.3) is 0 Å². The van der Waals surface area contributed by atoms with Gasteiger partial charge in [0.2, 0.25) is 0 Å². The summed E-state index contributed by atoms with van der Waals surface area (Å²) in [5, 5.41) is 4.64. The van der Waals surface area contributed by atoms with E-state index in [1.54, 1.807) is 12.4 Å². The fourth-order valence-electron chi connectivity index (χ4n) is 1.49. The summed E-state index contributed by atoms with van der Waals surface area (Å²) in [4.78, 5) is 21.0. The minimum absolute atomic E-state index is 0.163. The highest BCUT2D eigenvalue weighted by atomic mass is 32.1. The first-order valence-electron chi connectivity index (χ1n) is 6.03. The van der Waals surface area contributed by atoms with Crippen LogP contribution in [0.2, 0.25) is 0 Å². The third-order valence-electron chi connectivity index (χ3n) is 2.46. The minimum atomic E-state index is -0.163. The van der Waals surface area contributed by atoms with E-state index in [0.29, 0.717) is 17.0 Å². The van der Waals surface area contributed by atoms with Crippen LogP contribution in [0.15, 0.2) is 23.8 Å². The van der Waals surface area contributed by atoms with Gasteiger partial charge in [0, 0.05) is 11.8 Å². The van der Waals surface area contributed by atoms with Gasteiger partial charge in [0.1, 0.15) is 4.88 Å². The molecule has 0 aromatic carbocycles. The van der Waals surface area contributed by atoms with Gasteiger partial charge in [-0.1, -0.05) is 11.8 Å². The van der Waals surface area contributed by atoms with Crippen molar-refractivity contribution in [2.75, 3.05) is 6.54 Å². The normalized spacial score (nSPS) is 9.70. The van der Waals surface area contributed by atoms with E-state index in [9.17, 15) is 4.79 Å². The molecule has 0 aliphatic rings. The Morgan fingerprint density at radius 2 is 2.30 bits per heavy atom. The zero-order valence-corrected chi connectivity index (χ0v) is 11.8. The third kappa shape index (κ3) is 3.63. The van der Waals surface area contributed by atoms with Gasteiger partial charge in [-0.15, -0.1) is 11.3 Å². The smallest absolute Gasteiger partial charge is 0.262 e. The molecule has 6 heteroatoms. The average Bonchev–Trinajstić information content (AvgIpc) is 2.92. The molecule has 0 bridgehead atoms. The number of rotatable bonds is 3. The van der Waals surface area contributed by atoms with Gasteiger partial charge in [-0.05, 0) is 18.4 Å². The van der Waals surface area contributed by atoms with Crippen molar-refractivity contribution in [3.8, 4) is 11.8 Å². The first-order valence-corrected chi connectivity index (χ1v) is 6.91. The molecular weight excluding hydrogens is 272 g/mol. The predicted octanol–water partition coefficient (Wildman–Crippen LogP) is 1.09. The molecule has 0 atom stereocenters. The third-order valence-corrected chi connectivity index (χ3v) is 3.37. The summed E-state index contributed by atoms with van der Waals surface area (Å²) < 4.78 is 0. The van der Waals surface area contributed by atoms with Crippen molar-refractivity contribution in [1.29, 1.82) is 0 Å². The molecule has 0 unspecified atom stereocenters. The van der Waals surface area contributed by atoms with Crippen LogP contribution >= 0.6 is 11.3 Å². The number of hydrogen-bond acceptors (Lipinski definition) is 5. The summed E-state index contributed by atoms with van der Waals surface area (Å²) >= 11 is 1.35. The summed E-state index contributed by atoms with van der Waals surface area (Å²) in [6.07, 6.45) is 3.32. The maximum atomic E-state index is 12.1. The van der Waals surface area contributed by atoms with Crippen LogP contribution in [0.1, 0.15) is 26.6 Å². The Morgan fingerprint density at radius 1 is 1.45 bits per heavy atom. The van der Waals surface area contributed by atoms with Crippen LogP contribution in [-0.4, -0.2) is 22.4 Å². The van der Waals surface area contributed by atoms with Crippen LogP contribution in [0.4, 0.5) is 0 Å². The Balaban J connectivity index is 2.02. The van der Waals surface area contributed by atoms with E-state index in [0.717, 1.165) is 11.4 Å². The number of carbonyl (C=O) groups is 1. The summed E-state index contributed by atoms with van der Waals surface area (Å²) in [5.41, 5.74) is 7.60. The Hall–Kier alpha value is -2.23. The van der Waals surface area contributed by atoms with Crippen molar-refractivity contribution in [3.63, 3.8) is 0 Å². The fourth-order valence-corrected chi connectivity index (χ4v) is 2.26. The zero-order valence-electron chi connectivity index (χ0n) is 11.0. The summed E-state index contributed by atoms with van der Waals surface area (Å²) in [7, 11) is 0. The molecule has 0 radical (unpaired) electrons. The van der Waals surface area contributed by atoms with Gasteiger partial charge in [-0.3, -0.25) is 14.8 Å². The number of hydrogen-bond donors (Lipinski definition) is 2. The largest absolute Gasteiger partial charge is 0.346 e. The lowest BCUT2D eigenvalue weighted by Gasteiger charge is -2.03. The maximum absolute atomic E-state index is 12.1. The molecule has 0 fully saturated rings. The molecule has 2 heterocycles. The molecular formula is C14H14N4OS. The van der Waals surface area contributed by atoms with Crippen molar-refractivity contribution in [1.82, 2.24) is 15.3 Å². The quantitative estimate of drug-likeness (QED) is 0.828. The number of aryl methyl sites for hydroxylation is 1. The second kappa shape index (κ2) is 6.80. The van der Waals surface area contributed by atoms with Gasteiger partial charge in [-0.2, -0.15) is 0 Å². The Bertz CT molecular complexity index is 652. The van der Waals surface area contributed by atoms with Gasteiger partial charge in [0.15, 0.2) is 0 Å². The lowest BCUT2D eigenvalue weighted by molar-refractivity contribution is 0.0954. The zero-order chi connectivity index (χ0) is 14.4. The van der Waals surface area contributed by atoms with E-state index in [1.807, 2.05) is 18.4 Å². The molecule has 2 aromatic rings. The summed E-state index contributed by atoms with van der Waals surface area (Å²) in [6.45, 7) is 2.48. The molecule has 3 N–H and O–H groups in total. The molecule has 0 spiro atoms. The van der Waals surface area contributed by atoms with E-state index >= 15 is 0 Å². The SMILES string of the molecule is Cc1cnc(CNC(=O)c2sccc2C#CCN)cn1. The van der Waals surface area contributed by atoms with Crippen LogP contribution in [-0.2, 0) is 6.54 Å². The Kier molecular flexibility index (Phi) is 4.82. The van der Waals surface area contributed by atoms with Crippen molar-refractivity contribution in [2.24, 2.45) is 5.73 Å². The van der Waals surface area contributed by atoms with Gasteiger partial charge in [0.25, 0.3) is 5.91 Å². The van der Waals surface area contributed by atoms with Crippen LogP contribution < -0.4 is 11.1 Å². The van der Waals surface area contributed by atoms with E-state index in [4.69, 9.17) is 5.73 Å². The number of nitrogens with two attached hydrogens (primary N) is 1. The Morgan fingerprint density at radius 3 is 3.00 bits per heavy atom. The molecule has 2 rings (SSSR count). The lowest BCUT2D eigenvalue weighted by atomic mass is 10.2. The topological polar surface area (TPSA) is 80.9 Å².